The molecule has 0 aliphatic carbocycles. The van der Waals surface area contributed by atoms with E-state index in [0.717, 1.165) is 5.69 Å². The van der Waals surface area contributed by atoms with Gasteiger partial charge in [0.05, 0.1) is 13.7 Å². The van der Waals surface area contributed by atoms with Gasteiger partial charge in [0.2, 0.25) is 5.76 Å². The summed E-state index contributed by atoms with van der Waals surface area (Å²) in [7, 11) is 1.30. The zero-order valence-corrected chi connectivity index (χ0v) is 11.5. The fourth-order valence-corrected chi connectivity index (χ4v) is 1.68. The minimum atomic E-state index is -0.506. The van der Waals surface area contributed by atoms with Gasteiger partial charge in [-0.05, 0) is 24.3 Å². The van der Waals surface area contributed by atoms with E-state index in [2.05, 4.69) is 10.1 Å². The van der Waals surface area contributed by atoms with Gasteiger partial charge in [0.25, 0.3) is 0 Å². The highest BCUT2D eigenvalue weighted by molar-refractivity contribution is 5.86. The lowest BCUT2D eigenvalue weighted by Crippen LogP contribution is -2.00. The predicted molar refractivity (Wildman–Crippen MR) is 74.9 cm³/mol. The van der Waals surface area contributed by atoms with E-state index in [0.29, 0.717) is 18.1 Å². The van der Waals surface area contributed by atoms with E-state index in [1.165, 1.54) is 7.11 Å². The topological polar surface area (TPSA) is 84.5 Å². The van der Waals surface area contributed by atoms with Gasteiger partial charge in [0, 0.05) is 11.8 Å². The Labute approximate surface area is 121 Å². The van der Waals surface area contributed by atoms with E-state index < -0.39 is 5.97 Å². The minimum absolute atomic E-state index is 0.00409. The lowest BCUT2D eigenvalue weighted by Gasteiger charge is -2.07. The summed E-state index contributed by atoms with van der Waals surface area (Å²) in [6, 6.07) is 12.4. The van der Waals surface area contributed by atoms with E-state index in [9.17, 15) is 4.79 Å². The van der Waals surface area contributed by atoms with Crippen LogP contribution in [0.4, 0.5) is 5.69 Å². The summed E-state index contributed by atoms with van der Waals surface area (Å²) in [5.41, 5.74) is 0.821. The molecule has 0 saturated heterocycles. The summed E-state index contributed by atoms with van der Waals surface area (Å²) in [5, 5.41) is 11.6. The number of furan rings is 1. The molecule has 0 fully saturated rings. The van der Waals surface area contributed by atoms with E-state index >= 15 is 0 Å². The van der Waals surface area contributed by atoms with Gasteiger partial charge in [-0.3, -0.25) is 0 Å². The Bertz CT molecular complexity index is 658. The SMILES string of the molecule is COC(=O)c1ccc(CNc2cccc(OCC#N)c2)o1. The Morgan fingerprint density at radius 3 is 3.00 bits per heavy atom. The molecular formula is C15H14N2O4. The molecule has 0 amide bonds. The third-order valence-corrected chi connectivity index (χ3v) is 2.65. The van der Waals surface area contributed by atoms with Crippen molar-refractivity contribution in [3.05, 3.63) is 47.9 Å². The number of benzene rings is 1. The third-order valence-electron chi connectivity index (χ3n) is 2.65. The first-order valence-corrected chi connectivity index (χ1v) is 6.23. The second-order valence-electron chi connectivity index (χ2n) is 4.09. The van der Waals surface area contributed by atoms with E-state index in [4.69, 9.17) is 14.4 Å². The summed E-state index contributed by atoms with van der Waals surface area (Å²) in [6.45, 7) is 0.419. The lowest BCUT2D eigenvalue weighted by molar-refractivity contribution is 0.0563. The van der Waals surface area contributed by atoms with Crippen LogP contribution < -0.4 is 10.1 Å². The Kier molecular flexibility index (Phi) is 4.83. The van der Waals surface area contributed by atoms with Gasteiger partial charge in [-0.25, -0.2) is 4.79 Å². The van der Waals surface area contributed by atoms with Crippen LogP contribution in [-0.4, -0.2) is 19.7 Å². The molecule has 1 heterocycles. The number of anilines is 1. The molecule has 0 saturated carbocycles. The smallest absolute Gasteiger partial charge is 0.373 e. The number of hydrogen-bond donors (Lipinski definition) is 1. The fourth-order valence-electron chi connectivity index (χ4n) is 1.68. The van der Waals surface area contributed by atoms with Gasteiger partial charge in [-0.1, -0.05) is 6.07 Å². The Hall–Kier alpha value is -2.94. The Morgan fingerprint density at radius 1 is 1.38 bits per heavy atom. The summed E-state index contributed by atoms with van der Waals surface area (Å²) in [6.07, 6.45) is 0. The van der Waals surface area contributed by atoms with Crippen LogP contribution in [0.1, 0.15) is 16.3 Å². The highest BCUT2D eigenvalue weighted by Crippen LogP contribution is 2.18. The first-order valence-electron chi connectivity index (χ1n) is 6.23. The number of rotatable bonds is 6. The fraction of sp³-hybridized carbons (Fsp3) is 0.200. The highest BCUT2D eigenvalue weighted by Gasteiger charge is 2.10. The minimum Gasteiger partial charge on any atom is -0.479 e. The largest absolute Gasteiger partial charge is 0.479 e. The van der Waals surface area contributed by atoms with Crippen molar-refractivity contribution in [2.75, 3.05) is 19.0 Å². The number of hydrogen-bond acceptors (Lipinski definition) is 6. The van der Waals surface area contributed by atoms with Crippen molar-refractivity contribution >= 4 is 11.7 Å². The molecule has 108 valence electrons. The standard InChI is InChI=1S/C15H14N2O4/c1-19-15(18)14-6-5-13(21-14)10-17-11-3-2-4-12(9-11)20-8-7-16/h2-6,9,17H,8,10H2,1H3. The van der Waals surface area contributed by atoms with E-state index in [1.54, 1.807) is 24.3 Å². The van der Waals surface area contributed by atoms with Gasteiger partial charge in [0.1, 0.15) is 17.6 Å². The number of methoxy groups -OCH3 is 1. The van der Waals surface area contributed by atoms with Crippen molar-refractivity contribution in [3.8, 4) is 11.8 Å². The molecule has 0 aliphatic rings. The second kappa shape index (κ2) is 7.01. The molecule has 0 atom stereocenters. The van der Waals surface area contributed by atoms with Crippen molar-refractivity contribution in [1.29, 1.82) is 5.26 Å². The van der Waals surface area contributed by atoms with Crippen LogP contribution in [-0.2, 0) is 11.3 Å². The normalized spacial score (nSPS) is 9.71. The quantitative estimate of drug-likeness (QED) is 0.821. The maximum Gasteiger partial charge on any atom is 0.373 e. The van der Waals surface area contributed by atoms with Crippen LogP contribution in [0.5, 0.6) is 5.75 Å². The van der Waals surface area contributed by atoms with Crippen LogP contribution in [0.25, 0.3) is 0 Å². The number of nitriles is 1. The predicted octanol–water partition coefficient (Wildman–Crippen LogP) is 2.58. The number of carbonyl (C=O) groups is 1. The maximum atomic E-state index is 11.3. The van der Waals surface area contributed by atoms with Crippen molar-refractivity contribution in [2.24, 2.45) is 0 Å². The lowest BCUT2D eigenvalue weighted by atomic mass is 10.3. The molecule has 0 bridgehead atoms. The maximum absolute atomic E-state index is 11.3. The molecule has 0 aliphatic heterocycles. The van der Waals surface area contributed by atoms with Gasteiger partial charge >= 0.3 is 5.97 Å². The number of ether oxygens (including phenoxy) is 2. The van der Waals surface area contributed by atoms with Crippen LogP contribution in [0.2, 0.25) is 0 Å². The second-order valence-corrected chi connectivity index (χ2v) is 4.09. The molecule has 1 aromatic carbocycles. The van der Waals surface area contributed by atoms with Gasteiger partial charge in [-0.15, -0.1) is 0 Å². The molecular weight excluding hydrogens is 272 g/mol. The molecule has 6 heteroatoms. The molecule has 1 aromatic heterocycles. The third kappa shape index (κ3) is 4.01. The van der Waals surface area contributed by atoms with Gasteiger partial charge in [0.15, 0.2) is 6.61 Å². The van der Waals surface area contributed by atoms with Crippen molar-refractivity contribution in [2.45, 2.75) is 6.54 Å². The van der Waals surface area contributed by atoms with E-state index in [1.807, 2.05) is 18.2 Å². The molecule has 0 unspecified atom stereocenters. The van der Waals surface area contributed by atoms with Crippen LogP contribution >= 0.6 is 0 Å². The van der Waals surface area contributed by atoms with Gasteiger partial charge in [-0.2, -0.15) is 5.26 Å². The molecule has 0 radical (unpaired) electrons. The van der Waals surface area contributed by atoms with Gasteiger partial charge < -0.3 is 19.2 Å². The first-order chi connectivity index (χ1) is 10.2. The average molecular weight is 286 g/mol. The zero-order valence-electron chi connectivity index (χ0n) is 11.5. The van der Waals surface area contributed by atoms with Crippen LogP contribution in [0, 0.1) is 11.3 Å². The Balaban J connectivity index is 1.95. The molecule has 2 aromatic rings. The summed E-state index contributed by atoms with van der Waals surface area (Å²) in [5.74, 6) is 0.878. The summed E-state index contributed by atoms with van der Waals surface area (Å²) < 4.78 is 15.1. The molecule has 1 N–H and O–H groups in total. The number of esters is 1. The van der Waals surface area contributed by atoms with Crippen molar-refractivity contribution in [1.82, 2.24) is 0 Å². The number of nitrogens with one attached hydrogen (secondary N) is 1. The molecule has 21 heavy (non-hydrogen) atoms. The zero-order chi connectivity index (χ0) is 15.1. The van der Waals surface area contributed by atoms with Crippen molar-refractivity contribution in [3.63, 3.8) is 0 Å². The average Bonchev–Trinajstić information content (AvgIpc) is 2.99. The van der Waals surface area contributed by atoms with E-state index in [-0.39, 0.29) is 12.4 Å². The Morgan fingerprint density at radius 2 is 2.24 bits per heavy atom. The highest BCUT2D eigenvalue weighted by atomic mass is 16.5. The first kappa shape index (κ1) is 14.5. The summed E-state index contributed by atoms with van der Waals surface area (Å²) in [4.78, 5) is 11.3. The molecule has 2 rings (SSSR count). The molecule has 0 spiro atoms. The van der Waals surface area contributed by atoms with Crippen LogP contribution in [0.3, 0.4) is 0 Å². The van der Waals surface area contributed by atoms with Crippen LogP contribution in [0.15, 0.2) is 40.8 Å². The summed E-state index contributed by atoms with van der Waals surface area (Å²) >= 11 is 0. The monoisotopic (exact) mass is 286 g/mol. The molecule has 6 nitrogen and oxygen atoms in total. The number of nitrogens with zero attached hydrogens (tertiary/aromatic N) is 1. The number of carbonyl (C=O) groups excluding carboxylic acids is 1. The van der Waals surface area contributed by atoms with Crippen molar-refractivity contribution < 1.29 is 18.7 Å².